The van der Waals surface area contributed by atoms with E-state index < -0.39 is 6.10 Å². The van der Waals surface area contributed by atoms with Crippen molar-refractivity contribution in [3.63, 3.8) is 0 Å². The van der Waals surface area contributed by atoms with E-state index in [4.69, 9.17) is 0 Å². The van der Waals surface area contributed by atoms with Crippen molar-refractivity contribution in [3.8, 4) is 5.69 Å². The van der Waals surface area contributed by atoms with Gasteiger partial charge in [-0.1, -0.05) is 24.6 Å². The first-order chi connectivity index (χ1) is 12.7. The number of piperidine rings is 1. The number of urea groups is 1. The monoisotopic (exact) mass is 355 g/mol. The van der Waals surface area contributed by atoms with Gasteiger partial charge < -0.3 is 10.0 Å². The summed E-state index contributed by atoms with van der Waals surface area (Å²) in [7, 11) is 0. The van der Waals surface area contributed by atoms with Gasteiger partial charge in [0, 0.05) is 12.6 Å². The fourth-order valence-electron chi connectivity index (χ4n) is 3.91. The van der Waals surface area contributed by atoms with E-state index >= 15 is 0 Å². The Hall–Kier alpha value is -2.38. The van der Waals surface area contributed by atoms with Crippen LogP contribution in [0.25, 0.3) is 5.69 Å². The molecule has 0 unspecified atom stereocenters. The van der Waals surface area contributed by atoms with Crippen LogP contribution in [0.2, 0.25) is 0 Å². The van der Waals surface area contributed by atoms with Gasteiger partial charge in [-0.2, -0.15) is 5.10 Å². The summed E-state index contributed by atoms with van der Waals surface area (Å²) >= 11 is 0. The predicted octanol–water partition coefficient (Wildman–Crippen LogP) is 1.94. The van der Waals surface area contributed by atoms with Crippen LogP contribution in [0.5, 0.6) is 0 Å². The van der Waals surface area contributed by atoms with E-state index in [2.05, 4.69) is 15.3 Å². The molecule has 26 heavy (non-hydrogen) atoms. The molecule has 1 aromatic carbocycles. The number of nitrogens with one attached hydrogen (secondary N) is 1. The zero-order valence-corrected chi connectivity index (χ0v) is 14.8. The Kier molecular flexibility index (Phi) is 4.90. The summed E-state index contributed by atoms with van der Waals surface area (Å²) < 4.78 is 1.70. The summed E-state index contributed by atoms with van der Waals surface area (Å²) in [6.07, 6.45) is 4.78. The Morgan fingerprint density at radius 2 is 1.85 bits per heavy atom. The number of rotatable bonds is 3. The molecular weight excluding hydrogens is 330 g/mol. The second-order valence-corrected chi connectivity index (χ2v) is 7.03. The molecule has 2 aliphatic rings. The van der Waals surface area contributed by atoms with Gasteiger partial charge in [0.15, 0.2) is 0 Å². The first-order valence-corrected chi connectivity index (χ1v) is 9.30. The van der Waals surface area contributed by atoms with Gasteiger partial charge in [-0.3, -0.25) is 10.2 Å². The van der Waals surface area contributed by atoms with E-state index in [1.165, 1.54) is 19.3 Å². The molecule has 2 aromatic rings. The number of hydrogen-bond donors (Lipinski definition) is 2. The van der Waals surface area contributed by atoms with E-state index in [1.807, 2.05) is 30.3 Å². The Balaban J connectivity index is 1.42. The SMILES string of the molecule is O=C(Nc1ccnn1-c1ccccc1)N1C[C@H](O)[C@@H](N2CCCCC2)C1. The van der Waals surface area contributed by atoms with Gasteiger partial charge in [0.25, 0.3) is 0 Å². The number of nitrogens with zero attached hydrogens (tertiary/aromatic N) is 4. The van der Waals surface area contributed by atoms with Crippen molar-refractivity contribution in [2.24, 2.45) is 0 Å². The van der Waals surface area contributed by atoms with Crippen LogP contribution in [0, 0.1) is 0 Å². The number of benzene rings is 1. The maximum Gasteiger partial charge on any atom is 0.323 e. The van der Waals surface area contributed by atoms with Crippen molar-refractivity contribution in [3.05, 3.63) is 42.6 Å². The predicted molar refractivity (Wildman–Crippen MR) is 99.4 cm³/mol. The summed E-state index contributed by atoms with van der Waals surface area (Å²) in [5.41, 5.74) is 0.889. The van der Waals surface area contributed by atoms with Crippen LogP contribution in [0.1, 0.15) is 19.3 Å². The number of likely N-dealkylation sites (tertiary alicyclic amines) is 2. The van der Waals surface area contributed by atoms with Gasteiger partial charge in [0.2, 0.25) is 0 Å². The lowest BCUT2D eigenvalue weighted by atomic mass is 10.1. The number of anilines is 1. The highest BCUT2D eigenvalue weighted by Gasteiger charge is 2.38. The van der Waals surface area contributed by atoms with E-state index in [1.54, 1.807) is 21.8 Å². The highest BCUT2D eigenvalue weighted by molar-refractivity contribution is 5.89. The fraction of sp³-hybridized carbons (Fsp3) is 0.474. The van der Waals surface area contributed by atoms with Crippen LogP contribution in [-0.4, -0.2) is 69.0 Å². The molecule has 0 aliphatic carbocycles. The molecule has 2 saturated heterocycles. The molecule has 4 rings (SSSR count). The minimum atomic E-state index is -0.488. The largest absolute Gasteiger partial charge is 0.390 e. The topological polar surface area (TPSA) is 73.6 Å². The molecule has 2 N–H and O–H groups in total. The molecule has 0 bridgehead atoms. The molecule has 3 heterocycles. The molecule has 2 aliphatic heterocycles. The Bertz CT molecular complexity index is 741. The summed E-state index contributed by atoms with van der Waals surface area (Å²) in [5, 5.41) is 17.7. The summed E-state index contributed by atoms with van der Waals surface area (Å²) in [6.45, 7) is 2.95. The Labute approximate surface area is 153 Å². The van der Waals surface area contributed by atoms with Crippen LogP contribution in [0.3, 0.4) is 0 Å². The molecule has 138 valence electrons. The highest BCUT2D eigenvalue weighted by Crippen LogP contribution is 2.22. The number of carbonyl (C=O) groups is 1. The molecule has 1 aromatic heterocycles. The second-order valence-electron chi connectivity index (χ2n) is 7.03. The normalized spacial score (nSPS) is 24.0. The van der Waals surface area contributed by atoms with Crippen molar-refractivity contribution in [2.75, 3.05) is 31.5 Å². The minimum absolute atomic E-state index is 0.0417. The summed E-state index contributed by atoms with van der Waals surface area (Å²) in [4.78, 5) is 16.7. The highest BCUT2D eigenvalue weighted by atomic mass is 16.3. The van der Waals surface area contributed by atoms with Gasteiger partial charge >= 0.3 is 6.03 Å². The number of β-amino-alcohol motifs (C(OH)–C–C–N with tert-alkyl or cyclic N) is 1. The third-order valence-corrected chi connectivity index (χ3v) is 5.28. The van der Waals surface area contributed by atoms with Crippen molar-refractivity contribution in [1.82, 2.24) is 19.6 Å². The number of amides is 2. The van der Waals surface area contributed by atoms with Gasteiger partial charge in [0.1, 0.15) is 5.82 Å². The molecule has 7 nitrogen and oxygen atoms in total. The number of carbonyl (C=O) groups excluding carboxylic acids is 1. The fourth-order valence-corrected chi connectivity index (χ4v) is 3.91. The Morgan fingerprint density at radius 1 is 1.08 bits per heavy atom. The minimum Gasteiger partial charge on any atom is -0.390 e. The smallest absolute Gasteiger partial charge is 0.323 e. The number of aliphatic hydroxyl groups is 1. The summed E-state index contributed by atoms with van der Waals surface area (Å²) in [5.74, 6) is 0.622. The number of aliphatic hydroxyl groups excluding tert-OH is 1. The van der Waals surface area contributed by atoms with E-state index in [9.17, 15) is 9.90 Å². The summed E-state index contributed by atoms with van der Waals surface area (Å²) in [6, 6.07) is 11.3. The zero-order valence-electron chi connectivity index (χ0n) is 14.8. The zero-order chi connectivity index (χ0) is 17.9. The third-order valence-electron chi connectivity index (χ3n) is 5.28. The van der Waals surface area contributed by atoms with Crippen molar-refractivity contribution < 1.29 is 9.90 Å². The van der Waals surface area contributed by atoms with Gasteiger partial charge in [-0.25, -0.2) is 9.48 Å². The molecule has 2 amide bonds. The lowest BCUT2D eigenvalue weighted by Gasteiger charge is -2.33. The standard InChI is InChI=1S/C19H25N5O2/c25-17-14-23(13-16(17)22-11-5-2-6-12-22)19(26)21-18-9-10-20-24(18)15-7-3-1-4-8-15/h1,3-4,7-10,16-17,25H,2,5-6,11-14H2,(H,21,26)/t16-,17-/m0/s1. The average molecular weight is 355 g/mol. The van der Waals surface area contributed by atoms with Crippen LogP contribution in [0.4, 0.5) is 10.6 Å². The molecule has 7 heteroatoms. The molecule has 0 spiro atoms. The molecular formula is C19H25N5O2. The Morgan fingerprint density at radius 3 is 2.62 bits per heavy atom. The third kappa shape index (κ3) is 3.45. The first-order valence-electron chi connectivity index (χ1n) is 9.30. The van der Waals surface area contributed by atoms with Gasteiger partial charge in [0.05, 0.1) is 30.6 Å². The van der Waals surface area contributed by atoms with Crippen molar-refractivity contribution >= 4 is 11.8 Å². The first kappa shape index (κ1) is 17.1. The van der Waals surface area contributed by atoms with Crippen LogP contribution in [-0.2, 0) is 0 Å². The van der Waals surface area contributed by atoms with E-state index in [0.29, 0.717) is 18.9 Å². The number of hydrogen-bond acceptors (Lipinski definition) is 4. The van der Waals surface area contributed by atoms with Crippen molar-refractivity contribution in [1.29, 1.82) is 0 Å². The molecule has 2 fully saturated rings. The molecule has 2 atom stereocenters. The molecule has 0 saturated carbocycles. The lowest BCUT2D eigenvalue weighted by molar-refractivity contribution is 0.0706. The van der Waals surface area contributed by atoms with Crippen LogP contribution >= 0.6 is 0 Å². The van der Waals surface area contributed by atoms with Crippen molar-refractivity contribution in [2.45, 2.75) is 31.4 Å². The number of aromatic nitrogens is 2. The average Bonchev–Trinajstić information content (AvgIpc) is 3.30. The second kappa shape index (κ2) is 7.47. The maximum absolute atomic E-state index is 12.7. The van der Waals surface area contributed by atoms with E-state index in [0.717, 1.165) is 18.8 Å². The molecule has 0 radical (unpaired) electrons. The number of para-hydroxylation sites is 1. The quantitative estimate of drug-likeness (QED) is 0.882. The van der Waals surface area contributed by atoms with Gasteiger partial charge in [-0.15, -0.1) is 0 Å². The van der Waals surface area contributed by atoms with Gasteiger partial charge in [-0.05, 0) is 38.1 Å². The lowest BCUT2D eigenvalue weighted by Crippen LogP contribution is -2.46. The maximum atomic E-state index is 12.7. The van der Waals surface area contributed by atoms with Crippen LogP contribution < -0.4 is 5.32 Å². The van der Waals surface area contributed by atoms with E-state index in [-0.39, 0.29) is 12.1 Å². The van der Waals surface area contributed by atoms with Crippen LogP contribution in [0.15, 0.2) is 42.6 Å².